The van der Waals surface area contributed by atoms with Gasteiger partial charge in [0.15, 0.2) is 5.75 Å². The summed E-state index contributed by atoms with van der Waals surface area (Å²) in [6, 6.07) is 34.9. The predicted molar refractivity (Wildman–Crippen MR) is 294 cm³/mol. The number of benzene rings is 8. The molecule has 0 unspecified atom stereocenters. The topological polar surface area (TPSA) is 281 Å². The van der Waals surface area contributed by atoms with Gasteiger partial charge >= 0.3 is 48.9 Å². The van der Waals surface area contributed by atoms with Crippen LogP contribution < -0.4 is 25.2 Å². The molecule has 392 valence electrons. The van der Waals surface area contributed by atoms with Crippen LogP contribution in [0.2, 0.25) is 10.0 Å². The minimum atomic E-state index is -4.92. The average molecular weight is 1240 g/mol. The number of azo groups is 2. The molecule has 0 spiro atoms. The van der Waals surface area contributed by atoms with Gasteiger partial charge in [0.25, 0.3) is 21.9 Å². The molecular weight excluding hydrogens is 1200 g/mol. The number of aryl methyl sites for hydroxylation is 2. The first-order valence-corrected chi connectivity index (χ1v) is 26.8. The number of fused-ring (bicyclic) bond motifs is 2. The average Bonchev–Trinajstić information content (AvgIpc) is 3.38. The van der Waals surface area contributed by atoms with Gasteiger partial charge in [-0.05, 0) is 134 Å². The standard InChI is InChI=1S/2C27H24ClN3O6S.Ba/c2*1-3-16-14-24(38(34,35)36)23(15-22(16)28)30-31-25-20-8-6-5-7-17(20)13-21(26(25)32)27(33)29-18-9-11-19(12-10-18)37-4-2;/h2*5-15,32H,3-4H2,1-2H3,(H,29,33)(H,34,35,36);/q;;+2/p-2. The van der Waals surface area contributed by atoms with Gasteiger partial charge in [-0.15, -0.1) is 15.3 Å². The maximum absolute atomic E-state index is 13.4. The van der Waals surface area contributed by atoms with Crippen molar-refractivity contribution in [2.24, 2.45) is 20.5 Å². The Kier molecular flexibility index (Phi) is 20.4. The molecule has 0 aliphatic heterocycles. The molecule has 2 amide bonds. The Bertz CT molecular complexity index is 3560. The summed E-state index contributed by atoms with van der Waals surface area (Å²) in [7, 11) is -9.57. The number of carbonyl (C=O) groups is 2. The summed E-state index contributed by atoms with van der Waals surface area (Å²) in [5.74, 6) is -1.16. The van der Waals surface area contributed by atoms with Crippen molar-refractivity contribution < 1.29 is 55.2 Å². The Hall–Kier alpha value is -6.41. The number of ether oxygens (including phenoxy) is 2. The van der Waals surface area contributed by atoms with Gasteiger partial charge in [0.05, 0.1) is 29.4 Å². The third kappa shape index (κ3) is 14.6. The first-order chi connectivity index (χ1) is 36.2. The normalized spacial score (nSPS) is 11.5. The SMILES string of the molecule is CCOc1ccc(NC(=O)c2cc3ccccc3c(N=Nc3cc(Cl)c(CC)cc3S(=O)(=O)O)c2O)cc1.CCOc1ccc(NC(=O)c2cc3ccccc3c(N=Nc3cc(Cl)c(CC)cc3S(=O)(=O)[O-])c2[O-])cc1.[Ba+2]. The van der Waals surface area contributed by atoms with Crippen LogP contribution in [-0.2, 0) is 33.1 Å². The van der Waals surface area contributed by atoms with E-state index in [1.54, 1.807) is 111 Å². The van der Waals surface area contributed by atoms with E-state index in [0.29, 0.717) is 81.6 Å². The number of phenolic OH excluding ortho intramolecular Hbond substituents is 1. The van der Waals surface area contributed by atoms with Gasteiger partial charge in [0.1, 0.15) is 43.6 Å². The van der Waals surface area contributed by atoms with Crippen molar-refractivity contribution in [1.82, 2.24) is 0 Å². The quantitative estimate of drug-likeness (QED) is 0.0399. The van der Waals surface area contributed by atoms with Crippen molar-refractivity contribution in [3.63, 3.8) is 0 Å². The molecule has 0 fully saturated rings. The number of hydrogen-bond acceptors (Lipinski definition) is 15. The maximum Gasteiger partial charge on any atom is 2.00 e. The number of halogens is 2. The van der Waals surface area contributed by atoms with E-state index in [9.17, 15) is 45.7 Å². The summed E-state index contributed by atoms with van der Waals surface area (Å²) in [6.07, 6.45) is 0.815. The van der Waals surface area contributed by atoms with Gasteiger partial charge in [-0.2, -0.15) is 13.5 Å². The number of nitrogens with one attached hydrogen (secondary N) is 2. The Morgan fingerprint density at radius 3 is 1.45 bits per heavy atom. The molecule has 0 saturated heterocycles. The van der Waals surface area contributed by atoms with E-state index in [4.69, 9.17) is 32.7 Å². The Labute approximate surface area is 493 Å². The molecule has 0 heterocycles. The molecular formula is C54H46BaCl2N6O12S2. The molecule has 0 radical (unpaired) electrons. The second-order valence-electron chi connectivity index (χ2n) is 16.3. The third-order valence-corrected chi connectivity index (χ3v) is 13.8. The molecule has 0 aliphatic carbocycles. The number of hydrogen-bond donors (Lipinski definition) is 4. The van der Waals surface area contributed by atoms with Gasteiger partial charge in [-0.25, -0.2) is 8.42 Å². The molecule has 0 aliphatic rings. The van der Waals surface area contributed by atoms with Gasteiger partial charge in [0.2, 0.25) is 0 Å². The van der Waals surface area contributed by atoms with E-state index < -0.39 is 53.3 Å². The van der Waals surface area contributed by atoms with Crippen LogP contribution in [0.1, 0.15) is 59.5 Å². The van der Waals surface area contributed by atoms with Crippen molar-refractivity contribution in [2.75, 3.05) is 23.8 Å². The Balaban J connectivity index is 0.000000246. The number of aromatic hydroxyl groups is 1. The largest absolute Gasteiger partial charge is 2.00 e. The van der Waals surface area contributed by atoms with Gasteiger partial charge in [0, 0.05) is 37.8 Å². The molecule has 8 rings (SSSR count). The molecule has 0 bridgehead atoms. The zero-order valence-corrected chi connectivity index (χ0v) is 49.2. The van der Waals surface area contributed by atoms with E-state index in [2.05, 4.69) is 31.1 Å². The monoisotopic (exact) mass is 1240 g/mol. The van der Waals surface area contributed by atoms with Crippen molar-refractivity contribution in [1.29, 1.82) is 0 Å². The number of nitrogens with zero attached hydrogens (tertiary/aromatic N) is 4. The van der Waals surface area contributed by atoms with E-state index in [1.165, 1.54) is 30.3 Å². The number of rotatable bonds is 16. The van der Waals surface area contributed by atoms with Crippen LogP contribution in [0.15, 0.2) is 164 Å². The first-order valence-electron chi connectivity index (χ1n) is 23.2. The number of amides is 2. The first kappa shape index (κ1) is 59.8. The second-order valence-corrected chi connectivity index (χ2v) is 19.9. The molecule has 18 nitrogen and oxygen atoms in total. The summed E-state index contributed by atoms with van der Waals surface area (Å²) < 4.78 is 80.2. The smallest absolute Gasteiger partial charge is 0.870 e. The van der Waals surface area contributed by atoms with Crippen molar-refractivity contribution in [2.45, 2.75) is 50.3 Å². The van der Waals surface area contributed by atoms with Crippen LogP contribution in [0.3, 0.4) is 0 Å². The second kappa shape index (κ2) is 26.3. The molecule has 4 N–H and O–H groups in total. The van der Waals surface area contributed by atoms with E-state index in [-0.39, 0.29) is 92.8 Å². The number of phenols is 1. The zero-order chi connectivity index (χ0) is 54.9. The van der Waals surface area contributed by atoms with Gasteiger partial charge in [-0.1, -0.05) is 91.3 Å². The molecule has 23 heteroatoms. The van der Waals surface area contributed by atoms with Crippen LogP contribution >= 0.6 is 23.2 Å². The fourth-order valence-corrected chi connectivity index (χ4v) is 9.53. The minimum Gasteiger partial charge on any atom is -0.870 e. The van der Waals surface area contributed by atoms with Crippen LogP contribution in [0.4, 0.5) is 34.1 Å². The van der Waals surface area contributed by atoms with Crippen molar-refractivity contribution in [3.8, 4) is 23.0 Å². The molecule has 0 saturated carbocycles. The van der Waals surface area contributed by atoms with Crippen LogP contribution in [0.25, 0.3) is 21.5 Å². The van der Waals surface area contributed by atoms with Crippen LogP contribution in [0, 0.1) is 0 Å². The van der Waals surface area contributed by atoms with Crippen molar-refractivity contribution >= 4 is 160 Å². The summed E-state index contributed by atoms with van der Waals surface area (Å²) in [5, 5.41) is 48.3. The third-order valence-electron chi connectivity index (χ3n) is 11.4. The maximum atomic E-state index is 13.4. The van der Waals surface area contributed by atoms with E-state index in [0.717, 1.165) is 6.07 Å². The summed E-state index contributed by atoms with van der Waals surface area (Å²) in [6.45, 7) is 8.26. The summed E-state index contributed by atoms with van der Waals surface area (Å²) >= 11 is 12.5. The van der Waals surface area contributed by atoms with E-state index >= 15 is 0 Å². The molecule has 0 aromatic heterocycles. The summed E-state index contributed by atoms with van der Waals surface area (Å²) in [4.78, 5) is 25.1. The molecule has 8 aromatic carbocycles. The zero-order valence-electron chi connectivity index (χ0n) is 41.6. The fraction of sp³-hybridized carbons (Fsp3) is 0.148. The van der Waals surface area contributed by atoms with Gasteiger partial charge in [-0.3, -0.25) is 14.1 Å². The number of carbonyl (C=O) groups excluding carboxylic acids is 2. The Morgan fingerprint density at radius 1 is 0.584 bits per heavy atom. The summed E-state index contributed by atoms with van der Waals surface area (Å²) in [5.41, 5.74) is 0.841. The molecule has 77 heavy (non-hydrogen) atoms. The van der Waals surface area contributed by atoms with E-state index in [1.807, 2.05) is 13.8 Å². The molecule has 8 aromatic rings. The van der Waals surface area contributed by atoms with Crippen molar-refractivity contribution in [3.05, 3.63) is 166 Å². The minimum absolute atomic E-state index is 0. The number of anilines is 2. The van der Waals surface area contributed by atoms with Gasteiger partial charge < -0.3 is 34.9 Å². The van der Waals surface area contributed by atoms with Crippen LogP contribution in [-0.4, -0.2) is 105 Å². The Morgan fingerprint density at radius 2 is 1.00 bits per heavy atom. The predicted octanol–water partition coefficient (Wildman–Crippen LogP) is 12.8. The fourth-order valence-electron chi connectivity index (χ4n) is 7.65. The van der Waals surface area contributed by atoms with Crippen LogP contribution in [0.5, 0.6) is 23.0 Å². The molecule has 0 atom stereocenters.